The number of ether oxygens (including phenoxy) is 3. The molecule has 7 heteroatoms. The van der Waals surface area contributed by atoms with Gasteiger partial charge in [-0.1, -0.05) is 17.7 Å². The number of halogens is 1. The van der Waals surface area contributed by atoms with Crippen LogP contribution in [0.4, 0.5) is 0 Å². The van der Waals surface area contributed by atoms with Gasteiger partial charge in [0.05, 0.1) is 20.3 Å². The minimum Gasteiger partial charge on any atom is -0.494 e. The standard InChI is InChI=1S/C22H21ClN2O4/c1-27-20-5-4-18(19-3-2-6-24-22(19)20)15-11-16(23)13-17(12-15)29-14-21(26)25-7-9-28-10-8-25/h2-6,11-13H,7-10,14H2,1H3. The Morgan fingerprint density at radius 2 is 2.03 bits per heavy atom. The molecule has 2 heterocycles. The summed E-state index contributed by atoms with van der Waals surface area (Å²) in [5.74, 6) is 1.19. The van der Waals surface area contributed by atoms with Gasteiger partial charge in [-0.25, -0.2) is 0 Å². The van der Waals surface area contributed by atoms with Crippen molar-refractivity contribution in [1.82, 2.24) is 9.88 Å². The predicted molar refractivity (Wildman–Crippen MR) is 112 cm³/mol. The summed E-state index contributed by atoms with van der Waals surface area (Å²) < 4.78 is 16.5. The first-order chi connectivity index (χ1) is 14.2. The maximum absolute atomic E-state index is 12.3. The molecule has 2 aromatic carbocycles. The number of hydrogen-bond donors (Lipinski definition) is 0. The summed E-state index contributed by atoms with van der Waals surface area (Å²) in [6.07, 6.45) is 1.73. The van der Waals surface area contributed by atoms with Crippen LogP contribution in [-0.2, 0) is 9.53 Å². The fraction of sp³-hybridized carbons (Fsp3) is 0.273. The fourth-order valence-corrected chi connectivity index (χ4v) is 3.64. The molecule has 1 aliphatic heterocycles. The van der Waals surface area contributed by atoms with Gasteiger partial charge in [0, 0.05) is 29.7 Å². The van der Waals surface area contributed by atoms with E-state index >= 15 is 0 Å². The molecule has 29 heavy (non-hydrogen) atoms. The Morgan fingerprint density at radius 1 is 1.21 bits per heavy atom. The average Bonchev–Trinajstić information content (AvgIpc) is 2.77. The van der Waals surface area contributed by atoms with Crippen molar-refractivity contribution < 1.29 is 19.0 Å². The molecule has 0 spiro atoms. The normalized spacial score (nSPS) is 14.1. The Hall–Kier alpha value is -2.83. The van der Waals surface area contributed by atoms with Gasteiger partial charge in [0.25, 0.3) is 5.91 Å². The molecular weight excluding hydrogens is 392 g/mol. The number of pyridine rings is 1. The first-order valence-corrected chi connectivity index (χ1v) is 9.74. The van der Waals surface area contributed by atoms with E-state index in [9.17, 15) is 4.79 Å². The Kier molecular flexibility index (Phi) is 5.83. The molecule has 0 unspecified atom stereocenters. The number of nitrogens with zero attached hydrogens (tertiary/aromatic N) is 2. The lowest BCUT2D eigenvalue weighted by molar-refractivity contribution is -0.137. The number of fused-ring (bicyclic) bond motifs is 1. The molecule has 0 N–H and O–H groups in total. The summed E-state index contributed by atoms with van der Waals surface area (Å²) >= 11 is 6.34. The van der Waals surface area contributed by atoms with Crippen LogP contribution in [0.1, 0.15) is 0 Å². The first kappa shape index (κ1) is 19.5. The van der Waals surface area contributed by atoms with Crippen molar-refractivity contribution >= 4 is 28.4 Å². The minimum absolute atomic E-state index is 0.0370. The van der Waals surface area contributed by atoms with Gasteiger partial charge in [-0.3, -0.25) is 9.78 Å². The third kappa shape index (κ3) is 4.28. The highest BCUT2D eigenvalue weighted by atomic mass is 35.5. The van der Waals surface area contributed by atoms with Gasteiger partial charge >= 0.3 is 0 Å². The highest BCUT2D eigenvalue weighted by Gasteiger charge is 2.17. The van der Waals surface area contributed by atoms with E-state index in [1.807, 2.05) is 36.4 Å². The van der Waals surface area contributed by atoms with Crippen molar-refractivity contribution in [3.8, 4) is 22.6 Å². The Morgan fingerprint density at radius 3 is 2.83 bits per heavy atom. The smallest absolute Gasteiger partial charge is 0.260 e. The highest BCUT2D eigenvalue weighted by Crippen LogP contribution is 2.36. The summed E-state index contributed by atoms with van der Waals surface area (Å²) in [6, 6.07) is 13.2. The number of rotatable bonds is 5. The maximum atomic E-state index is 12.3. The van der Waals surface area contributed by atoms with Gasteiger partial charge in [0.2, 0.25) is 0 Å². The van der Waals surface area contributed by atoms with Crippen LogP contribution in [-0.4, -0.2) is 55.8 Å². The van der Waals surface area contributed by atoms with Crippen LogP contribution in [0, 0.1) is 0 Å². The third-order valence-electron chi connectivity index (χ3n) is 4.86. The SMILES string of the molecule is COc1ccc(-c2cc(Cl)cc(OCC(=O)N3CCOCC3)c2)c2cccnc12. The Balaban J connectivity index is 1.61. The molecule has 1 aliphatic rings. The van der Waals surface area contributed by atoms with Gasteiger partial charge in [-0.2, -0.15) is 0 Å². The molecule has 4 rings (SSSR count). The van der Waals surface area contributed by atoms with E-state index in [4.69, 9.17) is 25.8 Å². The third-order valence-corrected chi connectivity index (χ3v) is 5.08. The molecular formula is C22H21ClN2O4. The summed E-state index contributed by atoms with van der Waals surface area (Å²) in [5.41, 5.74) is 2.62. The second-order valence-electron chi connectivity index (χ2n) is 6.67. The summed E-state index contributed by atoms with van der Waals surface area (Å²) in [4.78, 5) is 18.5. The molecule has 0 saturated carbocycles. The van der Waals surface area contributed by atoms with Crippen LogP contribution < -0.4 is 9.47 Å². The summed E-state index contributed by atoms with van der Waals surface area (Å²) in [5, 5.41) is 1.48. The largest absolute Gasteiger partial charge is 0.494 e. The molecule has 1 aromatic heterocycles. The zero-order chi connectivity index (χ0) is 20.2. The van der Waals surface area contributed by atoms with E-state index in [-0.39, 0.29) is 12.5 Å². The zero-order valence-corrected chi connectivity index (χ0v) is 16.8. The molecule has 1 fully saturated rings. The van der Waals surface area contributed by atoms with E-state index in [1.54, 1.807) is 24.3 Å². The number of amides is 1. The van der Waals surface area contributed by atoms with Crippen LogP contribution in [0.5, 0.6) is 11.5 Å². The van der Waals surface area contributed by atoms with E-state index < -0.39 is 0 Å². The van der Waals surface area contributed by atoms with E-state index in [0.717, 1.165) is 22.0 Å². The molecule has 3 aromatic rings. The summed E-state index contributed by atoms with van der Waals surface area (Å²) in [6.45, 7) is 2.27. The molecule has 150 valence electrons. The lowest BCUT2D eigenvalue weighted by Crippen LogP contribution is -2.42. The number of carbonyl (C=O) groups is 1. The van der Waals surface area contributed by atoms with Crippen LogP contribution in [0.3, 0.4) is 0 Å². The van der Waals surface area contributed by atoms with Gasteiger partial charge in [-0.05, 0) is 47.5 Å². The Bertz CT molecular complexity index is 1030. The minimum atomic E-state index is -0.0612. The van der Waals surface area contributed by atoms with Crippen molar-refractivity contribution in [3.05, 3.63) is 53.7 Å². The Labute approximate surface area is 174 Å². The molecule has 0 radical (unpaired) electrons. The molecule has 1 amide bonds. The van der Waals surface area contributed by atoms with Gasteiger partial charge in [0.1, 0.15) is 17.0 Å². The van der Waals surface area contributed by atoms with E-state index in [2.05, 4.69) is 4.98 Å². The maximum Gasteiger partial charge on any atom is 0.260 e. The molecule has 1 saturated heterocycles. The fourth-order valence-electron chi connectivity index (χ4n) is 3.41. The van der Waals surface area contributed by atoms with Crippen molar-refractivity contribution in [2.75, 3.05) is 40.0 Å². The number of benzene rings is 2. The number of hydrogen-bond acceptors (Lipinski definition) is 5. The monoisotopic (exact) mass is 412 g/mol. The van der Waals surface area contributed by atoms with Crippen LogP contribution in [0.15, 0.2) is 48.7 Å². The quantitative estimate of drug-likeness (QED) is 0.637. The van der Waals surface area contributed by atoms with Crippen LogP contribution >= 0.6 is 11.6 Å². The lowest BCUT2D eigenvalue weighted by atomic mass is 10.00. The van der Waals surface area contributed by atoms with Crippen LogP contribution in [0.25, 0.3) is 22.0 Å². The molecule has 0 bridgehead atoms. The molecule has 0 atom stereocenters. The van der Waals surface area contributed by atoms with E-state index in [0.29, 0.717) is 42.8 Å². The summed E-state index contributed by atoms with van der Waals surface area (Å²) in [7, 11) is 1.62. The van der Waals surface area contributed by atoms with E-state index in [1.165, 1.54) is 0 Å². The van der Waals surface area contributed by atoms with Crippen molar-refractivity contribution in [3.63, 3.8) is 0 Å². The average molecular weight is 413 g/mol. The number of carbonyl (C=O) groups excluding carboxylic acids is 1. The van der Waals surface area contributed by atoms with Gasteiger partial charge in [0.15, 0.2) is 6.61 Å². The van der Waals surface area contributed by atoms with Crippen molar-refractivity contribution in [1.29, 1.82) is 0 Å². The van der Waals surface area contributed by atoms with Crippen molar-refractivity contribution in [2.45, 2.75) is 0 Å². The second-order valence-corrected chi connectivity index (χ2v) is 7.11. The van der Waals surface area contributed by atoms with Crippen molar-refractivity contribution in [2.24, 2.45) is 0 Å². The molecule has 6 nitrogen and oxygen atoms in total. The highest BCUT2D eigenvalue weighted by molar-refractivity contribution is 6.31. The molecule has 0 aliphatic carbocycles. The second kappa shape index (κ2) is 8.68. The van der Waals surface area contributed by atoms with Gasteiger partial charge in [-0.15, -0.1) is 0 Å². The topological polar surface area (TPSA) is 60.9 Å². The lowest BCUT2D eigenvalue weighted by Gasteiger charge is -2.26. The number of morpholine rings is 1. The number of methoxy groups -OCH3 is 1. The van der Waals surface area contributed by atoms with Gasteiger partial charge < -0.3 is 19.1 Å². The number of aromatic nitrogens is 1. The van der Waals surface area contributed by atoms with Crippen LogP contribution in [0.2, 0.25) is 5.02 Å². The first-order valence-electron chi connectivity index (χ1n) is 9.37. The predicted octanol–water partition coefficient (Wildman–Crippen LogP) is 3.80. The zero-order valence-electron chi connectivity index (χ0n) is 16.1.